The summed E-state index contributed by atoms with van der Waals surface area (Å²) in [7, 11) is 0. The van der Waals surface area contributed by atoms with Gasteiger partial charge in [0.2, 0.25) is 0 Å². The van der Waals surface area contributed by atoms with Crippen LogP contribution in [0, 0.1) is 0 Å². The lowest BCUT2D eigenvalue weighted by Crippen LogP contribution is -2.35. The molecule has 0 aromatic heterocycles. The van der Waals surface area contributed by atoms with E-state index in [1.807, 2.05) is 25.1 Å². The fraction of sp³-hybridized carbons (Fsp3) is 0.500. The molecule has 15 heavy (non-hydrogen) atoms. The summed E-state index contributed by atoms with van der Waals surface area (Å²) >= 11 is 0. The summed E-state index contributed by atoms with van der Waals surface area (Å²) in [6, 6.07) is 10.6. The highest BCUT2D eigenvalue weighted by Gasteiger charge is 2.22. The molecule has 0 bridgehead atoms. The van der Waals surface area contributed by atoms with Crippen molar-refractivity contribution in [2.45, 2.75) is 32.1 Å². The molecule has 0 amide bonds. The van der Waals surface area contributed by atoms with Gasteiger partial charge in [-0.1, -0.05) is 30.3 Å². The van der Waals surface area contributed by atoms with Gasteiger partial charge in [0.25, 0.3) is 0 Å². The molecule has 0 unspecified atom stereocenters. The lowest BCUT2D eigenvalue weighted by atomic mass is 10.0. The summed E-state index contributed by atoms with van der Waals surface area (Å²) < 4.78 is 5.38. The Hall–Kier alpha value is -0.900. The summed E-state index contributed by atoms with van der Waals surface area (Å²) in [6.45, 7) is 2.68. The first-order chi connectivity index (χ1) is 7.40. The molecule has 2 atom stereocenters. The molecule has 0 saturated carbocycles. The smallest absolute Gasteiger partial charge is 0.177 e. The molecule has 2 rings (SSSR count). The fourth-order valence-corrected chi connectivity index (χ4v) is 1.80. The SMILES string of the molecule is CCO[C@@H]1CC[C@H](c2ccccc2)NO1. The van der Waals surface area contributed by atoms with Gasteiger partial charge in [0.1, 0.15) is 0 Å². The minimum Gasteiger partial charge on any atom is -0.351 e. The molecular weight excluding hydrogens is 190 g/mol. The molecule has 1 heterocycles. The van der Waals surface area contributed by atoms with Crippen molar-refractivity contribution in [1.29, 1.82) is 0 Å². The van der Waals surface area contributed by atoms with Crippen LogP contribution in [-0.4, -0.2) is 12.9 Å². The quantitative estimate of drug-likeness (QED) is 0.825. The third-order valence-corrected chi connectivity index (χ3v) is 2.59. The second-order valence-corrected chi connectivity index (χ2v) is 3.66. The Morgan fingerprint density at radius 2 is 2.13 bits per heavy atom. The molecule has 1 saturated heterocycles. The summed E-state index contributed by atoms with van der Waals surface area (Å²) in [4.78, 5) is 5.41. The van der Waals surface area contributed by atoms with Gasteiger partial charge in [0, 0.05) is 13.0 Å². The summed E-state index contributed by atoms with van der Waals surface area (Å²) in [6.07, 6.45) is 1.91. The predicted molar refractivity (Wildman–Crippen MR) is 58.1 cm³/mol. The van der Waals surface area contributed by atoms with Crippen LogP contribution in [0.25, 0.3) is 0 Å². The second kappa shape index (κ2) is 5.26. The predicted octanol–water partition coefficient (Wildman–Crippen LogP) is 2.41. The number of ether oxygens (including phenoxy) is 1. The maximum Gasteiger partial charge on any atom is 0.177 e. The standard InChI is InChI=1S/C12H17NO2/c1-2-14-12-9-8-11(13-15-12)10-6-4-3-5-7-10/h3-7,11-13H,2,8-9H2,1H3/t11-,12+/m1/s1. The summed E-state index contributed by atoms with van der Waals surface area (Å²) in [5.41, 5.74) is 4.32. The molecule has 1 aliphatic heterocycles. The van der Waals surface area contributed by atoms with Crippen molar-refractivity contribution in [1.82, 2.24) is 5.48 Å². The van der Waals surface area contributed by atoms with Crippen LogP contribution in [0.1, 0.15) is 31.4 Å². The van der Waals surface area contributed by atoms with E-state index in [-0.39, 0.29) is 6.29 Å². The third-order valence-electron chi connectivity index (χ3n) is 2.59. The first-order valence-corrected chi connectivity index (χ1v) is 5.48. The van der Waals surface area contributed by atoms with E-state index in [1.54, 1.807) is 0 Å². The van der Waals surface area contributed by atoms with Gasteiger partial charge in [-0.05, 0) is 18.9 Å². The van der Waals surface area contributed by atoms with Crippen molar-refractivity contribution in [2.75, 3.05) is 6.61 Å². The normalized spacial score (nSPS) is 26.5. The van der Waals surface area contributed by atoms with Gasteiger partial charge in [0.15, 0.2) is 6.29 Å². The first kappa shape index (κ1) is 10.6. The Bertz CT molecular complexity index is 281. The van der Waals surface area contributed by atoms with E-state index in [9.17, 15) is 0 Å². The maximum absolute atomic E-state index is 5.41. The molecule has 0 spiro atoms. The van der Waals surface area contributed by atoms with Crippen LogP contribution >= 0.6 is 0 Å². The van der Waals surface area contributed by atoms with Crippen molar-refractivity contribution in [3.05, 3.63) is 35.9 Å². The Balaban J connectivity index is 1.88. The number of hydrogen-bond donors (Lipinski definition) is 1. The number of hydroxylamine groups is 1. The molecule has 3 heteroatoms. The van der Waals surface area contributed by atoms with Crippen LogP contribution in [0.2, 0.25) is 0 Å². The maximum atomic E-state index is 5.41. The van der Waals surface area contributed by atoms with Gasteiger partial charge >= 0.3 is 0 Å². The van der Waals surface area contributed by atoms with Crippen LogP contribution in [0.5, 0.6) is 0 Å². The zero-order valence-electron chi connectivity index (χ0n) is 8.98. The molecule has 1 aliphatic rings. The van der Waals surface area contributed by atoms with Crippen molar-refractivity contribution < 1.29 is 9.57 Å². The van der Waals surface area contributed by atoms with E-state index in [4.69, 9.17) is 9.57 Å². The third kappa shape index (κ3) is 2.78. The number of hydrogen-bond acceptors (Lipinski definition) is 3. The first-order valence-electron chi connectivity index (χ1n) is 5.48. The van der Waals surface area contributed by atoms with Crippen molar-refractivity contribution in [2.24, 2.45) is 0 Å². The number of nitrogens with one attached hydrogen (secondary N) is 1. The summed E-state index contributed by atoms with van der Waals surface area (Å²) in [5.74, 6) is 0. The van der Waals surface area contributed by atoms with Crippen LogP contribution < -0.4 is 5.48 Å². The highest BCUT2D eigenvalue weighted by atomic mass is 16.8. The number of benzene rings is 1. The summed E-state index contributed by atoms with van der Waals surface area (Å²) in [5, 5.41) is 0. The molecular formula is C12H17NO2. The molecule has 0 aliphatic carbocycles. The van der Waals surface area contributed by atoms with Crippen LogP contribution in [0.3, 0.4) is 0 Å². The molecule has 0 radical (unpaired) electrons. The molecule has 3 nitrogen and oxygen atoms in total. The molecule has 1 aromatic carbocycles. The largest absolute Gasteiger partial charge is 0.351 e. The Morgan fingerprint density at radius 1 is 1.33 bits per heavy atom. The van der Waals surface area contributed by atoms with E-state index in [1.165, 1.54) is 5.56 Å². The van der Waals surface area contributed by atoms with E-state index in [0.29, 0.717) is 12.6 Å². The average Bonchev–Trinajstić information content (AvgIpc) is 2.32. The highest BCUT2D eigenvalue weighted by molar-refractivity contribution is 5.18. The molecule has 1 fully saturated rings. The van der Waals surface area contributed by atoms with E-state index in [2.05, 4.69) is 17.6 Å². The van der Waals surface area contributed by atoms with Gasteiger partial charge in [-0.2, -0.15) is 5.48 Å². The molecule has 82 valence electrons. The Labute approximate surface area is 90.3 Å². The lowest BCUT2D eigenvalue weighted by Gasteiger charge is -2.29. The van der Waals surface area contributed by atoms with E-state index >= 15 is 0 Å². The van der Waals surface area contributed by atoms with E-state index < -0.39 is 0 Å². The van der Waals surface area contributed by atoms with Crippen molar-refractivity contribution in [3.63, 3.8) is 0 Å². The minimum atomic E-state index is -0.0880. The zero-order valence-corrected chi connectivity index (χ0v) is 8.98. The van der Waals surface area contributed by atoms with Crippen LogP contribution in [-0.2, 0) is 9.57 Å². The second-order valence-electron chi connectivity index (χ2n) is 3.66. The van der Waals surface area contributed by atoms with Crippen molar-refractivity contribution in [3.8, 4) is 0 Å². The molecule has 1 N–H and O–H groups in total. The average molecular weight is 207 g/mol. The van der Waals surface area contributed by atoms with Gasteiger partial charge in [0.05, 0.1) is 6.04 Å². The van der Waals surface area contributed by atoms with Crippen LogP contribution in [0.4, 0.5) is 0 Å². The van der Waals surface area contributed by atoms with Gasteiger partial charge in [-0.3, -0.25) is 4.84 Å². The zero-order chi connectivity index (χ0) is 10.5. The molecule has 1 aromatic rings. The van der Waals surface area contributed by atoms with Gasteiger partial charge in [-0.15, -0.1) is 0 Å². The highest BCUT2D eigenvalue weighted by Crippen LogP contribution is 2.24. The topological polar surface area (TPSA) is 30.5 Å². The van der Waals surface area contributed by atoms with Crippen LogP contribution in [0.15, 0.2) is 30.3 Å². The van der Waals surface area contributed by atoms with E-state index in [0.717, 1.165) is 12.8 Å². The monoisotopic (exact) mass is 207 g/mol. The minimum absolute atomic E-state index is 0.0880. The Kier molecular flexibility index (Phi) is 3.72. The number of rotatable bonds is 3. The lowest BCUT2D eigenvalue weighted by molar-refractivity contribution is -0.210. The van der Waals surface area contributed by atoms with Crippen molar-refractivity contribution >= 4 is 0 Å². The fourth-order valence-electron chi connectivity index (χ4n) is 1.80. The van der Waals surface area contributed by atoms with Gasteiger partial charge in [-0.25, -0.2) is 0 Å². The Morgan fingerprint density at radius 3 is 2.73 bits per heavy atom. The van der Waals surface area contributed by atoms with Gasteiger partial charge < -0.3 is 4.74 Å².